The highest BCUT2D eigenvalue weighted by Crippen LogP contribution is 2.21. The fourth-order valence-corrected chi connectivity index (χ4v) is 2.07. The maximum Gasteiger partial charge on any atom is 0.225 e. The van der Waals surface area contributed by atoms with Gasteiger partial charge in [0.05, 0.1) is 12.0 Å². The minimum atomic E-state index is -0.876. The van der Waals surface area contributed by atoms with E-state index in [4.69, 9.17) is 0 Å². The van der Waals surface area contributed by atoms with E-state index < -0.39 is 5.60 Å². The molecule has 1 heterocycles. The Labute approximate surface area is 92.5 Å². The van der Waals surface area contributed by atoms with Gasteiger partial charge < -0.3 is 10.0 Å². The van der Waals surface area contributed by atoms with Gasteiger partial charge in [-0.15, -0.1) is 0 Å². The minimum Gasteiger partial charge on any atom is -0.390 e. The van der Waals surface area contributed by atoms with Crippen molar-refractivity contribution in [3.05, 3.63) is 0 Å². The van der Waals surface area contributed by atoms with Crippen molar-refractivity contribution in [3.63, 3.8) is 0 Å². The predicted molar refractivity (Wildman–Crippen MR) is 60.5 cm³/mol. The third-order valence-corrected chi connectivity index (χ3v) is 3.13. The Morgan fingerprint density at radius 2 is 1.93 bits per heavy atom. The summed E-state index contributed by atoms with van der Waals surface area (Å²) in [6.45, 7) is 7.31. The number of amides is 1. The van der Waals surface area contributed by atoms with Gasteiger partial charge in [0.2, 0.25) is 5.91 Å². The van der Waals surface area contributed by atoms with Gasteiger partial charge in [0, 0.05) is 13.1 Å². The highest BCUT2D eigenvalue weighted by atomic mass is 16.3. The summed E-state index contributed by atoms with van der Waals surface area (Å²) in [5.74, 6) is 0.883. The molecule has 1 aliphatic heterocycles. The fraction of sp³-hybridized carbons (Fsp3) is 0.917. The molecule has 0 bridgehead atoms. The SMILES string of the molecule is CCC1CCN(C(=O)CC(C)(C)O)CC1. The van der Waals surface area contributed by atoms with Crippen LogP contribution in [-0.4, -0.2) is 34.6 Å². The second-order valence-electron chi connectivity index (χ2n) is 5.22. The Morgan fingerprint density at radius 1 is 1.40 bits per heavy atom. The van der Waals surface area contributed by atoms with Gasteiger partial charge in [0.25, 0.3) is 0 Å². The van der Waals surface area contributed by atoms with Crippen LogP contribution in [0.3, 0.4) is 0 Å². The zero-order valence-corrected chi connectivity index (χ0v) is 10.1. The average molecular weight is 213 g/mol. The quantitative estimate of drug-likeness (QED) is 0.776. The smallest absolute Gasteiger partial charge is 0.225 e. The van der Waals surface area contributed by atoms with Crippen molar-refractivity contribution >= 4 is 5.91 Å². The van der Waals surface area contributed by atoms with E-state index in [0.717, 1.165) is 31.8 Å². The maximum atomic E-state index is 11.8. The van der Waals surface area contributed by atoms with Crippen LogP contribution in [-0.2, 0) is 4.79 Å². The molecule has 0 unspecified atom stereocenters. The van der Waals surface area contributed by atoms with Crippen molar-refractivity contribution in [2.75, 3.05) is 13.1 Å². The number of aliphatic hydroxyl groups is 1. The van der Waals surface area contributed by atoms with Crippen LogP contribution >= 0.6 is 0 Å². The number of hydrogen-bond acceptors (Lipinski definition) is 2. The molecule has 0 aromatic heterocycles. The first-order chi connectivity index (χ1) is 6.92. The van der Waals surface area contributed by atoms with Crippen LogP contribution in [0.1, 0.15) is 46.5 Å². The third kappa shape index (κ3) is 4.20. The van der Waals surface area contributed by atoms with E-state index in [0.29, 0.717) is 0 Å². The third-order valence-electron chi connectivity index (χ3n) is 3.13. The summed E-state index contributed by atoms with van der Waals surface area (Å²) in [6, 6.07) is 0. The Kier molecular flexibility index (Phi) is 4.14. The van der Waals surface area contributed by atoms with Crippen LogP contribution in [0.4, 0.5) is 0 Å². The Bertz CT molecular complexity index is 212. The van der Waals surface area contributed by atoms with Crippen LogP contribution in [0, 0.1) is 5.92 Å². The first-order valence-corrected chi connectivity index (χ1v) is 5.92. The molecule has 1 fully saturated rings. The van der Waals surface area contributed by atoms with Gasteiger partial charge in [-0.25, -0.2) is 0 Å². The molecule has 1 amide bonds. The highest BCUT2D eigenvalue weighted by molar-refractivity contribution is 5.77. The van der Waals surface area contributed by atoms with E-state index in [1.807, 2.05) is 4.90 Å². The van der Waals surface area contributed by atoms with E-state index in [9.17, 15) is 9.90 Å². The number of likely N-dealkylation sites (tertiary alicyclic amines) is 1. The van der Waals surface area contributed by atoms with Gasteiger partial charge in [-0.1, -0.05) is 13.3 Å². The lowest BCUT2D eigenvalue weighted by atomic mass is 9.93. The summed E-state index contributed by atoms with van der Waals surface area (Å²) in [5.41, 5.74) is -0.876. The fourth-order valence-electron chi connectivity index (χ4n) is 2.07. The van der Waals surface area contributed by atoms with Gasteiger partial charge in [0.15, 0.2) is 0 Å². The van der Waals surface area contributed by atoms with E-state index in [-0.39, 0.29) is 12.3 Å². The van der Waals surface area contributed by atoms with Crippen LogP contribution in [0.2, 0.25) is 0 Å². The van der Waals surface area contributed by atoms with Crippen molar-refractivity contribution in [1.29, 1.82) is 0 Å². The number of piperidine rings is 1. The molecular formula is C12H23NO2. The summed E-state index contributed by atoms with van der Waals surface area (Å²) in [5, 5.41) is 9.57. The zero-order valence-electron chi connectivity index (χ0n) is 10.1. The summed E-state index contributed by atoms with van der Waals surface area (Å²) < 4.78 is 0. The molecule has 1 rings (SSSR count). The molecule has 0 aliphatic carbocycles. The Balaban J connectivity index is 2.37. The average Bonchev–Trinajstić information content (AvgIpc) is 2.15. The second kappa shape index (κ2) is 4.97. The van der Waals surface area contributed by atoms with Crippen molar-refractivity contribution in [1.82, 2.24) is 4.90 Å². The maximum absolute atomic E-state index is 11.8. The van der Waals surface area contributed by atoms with Crippen molar-refractivity contribution < 1.29 is 9.90 Å². The number of carbonyl (C=O) groups is 1. The molecule has 88 valence electrons. The standard InChI is InChI=1S/C12H23NO2/c1-4-10-5-7-13(8-6-10)11(14)9-12(2,3)15/h10,15H,4-9H2,1-3H3. The van der Waals surface area contributed by atoms with Crippen molar-refractivity contribution in [2.24, 2.45) is 5.92 Å². The van der Waals surface area contributed by atoms with E-state index in [2.05, 4.69) is 6.92 Å². The molecule has 3 nitrogen and oxygen atoms in total. The Hall–Kier alpha value is -0.570. The van der Waals surface area contributed by atoms with Crippen LogP contribution < -0.4 is 0 Å². The molecular weight excluding hydrogens is 190 g/mol. The lowest BCUT2D eigenvalue weighted by Gasteiger charge is -2.33. The number of rotatable bonds is 3. The number of carbonyl (C=O) groups excluding carboxylic acids is 1. The predicted octanol–water partition coefficient (Wildman–Crippen LogP) is 1.80. The molecule has 0 aromatic rings. The molecule has 0 atom stereocenters. The molecule has 15 heavy (non-hydrogen) atoms. The normalized spacial score (nSPS) is 19.3. The van der Waals surface area contributed by atoms with Gasteiger partial charge in [0.1, 0.15) is 0 Å². The van der Waals surface area contributed by atoms with Gasteiger partial charge in [-0.3, -0.25) is 4.79 Å². The van der Waals surface area contributed by atoms with Crippen LogP contribution in [0.15, 0.2) is 0 Å². The molecule has 1 saturated heterocycles. The highest BCUT2D eigenvalue weighted by Gasteiger charge is 2.25. The zero-order chi connectivity index (χ0) is 11.5. The molecule has 0 saturated carbocycles. The summed E-state index contributed by atoms with van der Waals surface area (Å²) >= 11 is 0. The molecule has 0 spiro atoms. The molecule has 0 radical (unpaired) electrons. The van der Waals surface area contributed by atoms with E-state index in [1.165, 1.54) is 6.42 Å². The summed E-state index contributed by atoms with van der Waals surface area (Å²) in [7, 11) is 0. The summed E-state index contributed by atoms with van der Waals surface area (Å²) in [4.78, 5) is 13.7. The molecule has 3 heteroatoms. The van der Waals surface area contributed by atoms with Gasteiger partial charge in [-0.05, 0) is 32.6 Å². The largest absolute Gasteiger partial charge is 0.390 e. The van der Waals surface area contributed by atoms with Crippen LogP contribution in [0.25, 0.3) is 0 Å². The number of hydrogen-bond donors (Lipinski definition) is 1. The van der Waals surface area contributed by atoms with Gasteiger partial charge in [-0.2, -0.15) is 0 Å². The van der Waals surface area contributed by atoms with E-state index >= 15 is 0 Å². The Morgan fingerprint density at radius 3 is 2.33 bits per heavy atom. The summed E-state index contributed by atoms with van der Waals surface area (Å²) in [6.07, 6.45) is 3.69. The number of nitrogens with zero attached hydrogens (tertiary/aromatic N) is 1. The lowest BCUT2D eigenvalue weighted by molar-refractivity contribution is -0.136. The first kappa shape index (κ1) is 12.5. The molecule has 1 N–H and O–H groups in total. The second-order valence-corrected chi connectivity index (χ2v) is 5.22. The van der Waals surface area contributed by atoms with Crippen molar-refractivity contribution in [2.45, 2.75) is 52.1 Å². The van der Waals surface area contributed by atoms with Crippen LogP contribution in [0.5, 0.6) is 0 Å². The monoisotopic (exact) mass is 213 g/mol. The minimum absolute atomic E-state index is 0.0945. The van der Waals surface area contributed by atoms with Crippen molar-refractivity contribution in [3.8, 4) is 0 Å². The van der Waals surface area contributed by atoms with E-state index in [1.54, 1.807) is 13.8 Å². The lowest BCUT2D eigenvalue weighted by Crippen LogP contribution is -2.41. The molecule has 1 aliphatic rings. The van der Waals surface area contributed by atoms with Gasteiger partial charge >= 0.3 is 0 Å². The topological polar surface area (TPSA) is 40.5 Å². The first-order valence-electron chi connectivity index (χ1n) is 5.92. The molecule has 0 aromatic carbocycles.